The molecular formula is C12H16BrN3O3. The van der Waals surface area contributed by atoms with Crippen LogP contribution in [0.25, 0.3) is 0 Å². The highest BCUT2D eigenvalue weighted by Gasteiger charge is 2.29. The summed E-state index contributed by atoms with van der Waals surface area (Å²) < 4.78 is 6.20. The Labute approximate surface area is 119 Å². The number of morpholine rings is 1. The van der Waals surface area contributed by atoms with Gasteiger partial charge in [-0.25, -0.2) is 4.98 Å². The topological polar surface area (TPSA) is 88.7 Å². The summed E-state index contributed by atoms with van der Waals surface area (Å²) in [6, 6.07) is 1.65. The van der Waals surface area contributed by atoms with Crippen molar-refractivity contribution in [1.29, 1.82) is 0 Å². The summed E-state index contributed by atoms with van der Waals surface area (Å²) in [6.07, 6.45) is 1.08. The second kappa shape index (κ2) is 5.85. The fourth-order valence-corrected chi connectivity index (χ4v) is 2.43. The second-order valence-corrected chi connectivity index (χ2v) is 5.46. The maximum atomic E-state index is 12.4. The minimum absolute atomic E-state index is 0.111. The zero-order chi connectivity index (χ0) is 14.0. The van der Waals surface area contributed by atoms with Crippen molar-refractivity contribution in [3.05, 3.63) is 22.3 Å². The number of anilines is 1. The van der Waals surface area contributed by atoms with Crippen molar-refractivity contribution in [1.82, 2.24) is 9.88 Å². The van der Waals surface area contributed by atoms with E-state index in [0.29, 0.717) is 23.1 Å². The van der Waals surface area contributed by atoms with E-state index in [9.17, 15) is 9.90 Å². The van der Waals surface area contributed by atoms with E-state index >= 15 is 0 Å². The first-order valence-electron chi connectivity index (χ1n) is 5.98. The Bertz CT molecular complexity index is 483. The summed E-state index contributed by atoms with van der Waals surface area (Å²) in [7, 11) is 0. The van der Waals surface area contributed by atoms with Gasteiger partial charge >= 0.3 is 0 Å². The molecular weight excluding hydrogens is 314 g/mol. The van der Waals surface area contributed by atoms with Gasteiger partial charge in [0.2, 0.25) is 0 Å². The Balaban J connectivity index is 2.21. The number of hydrogen-bond acceptors (Lipinski definition) is 5. The van der Waals surface area contributed by atoms with Crippen LogP contribution >= 0.6 is 15.9 Å². The van der Waals surface area contributed by atoms with Gasteiger partial charge in [-0.1, -0.05) is 0 Å². The summed E-state index contributed by atoms with van der Waals surface area (Å²) >= 11 is 3.27. The molecule has 0 bridgehead atoms. The van der Waals surface area contributed by atoms with E-state index in [0.717, 1.165) is 0 Å². The number of carbonyl (C=O) groups is 1. The lowest BCUT2D eigenvalue weighted by Crippen LogP contribution is -2.50. The fraction of sp³-hybridized carbons (Fsp3) is 0.500. The first kappa shape index (κ1) is 14.2. The maximum Gasteiger partial charge on any atom is 0.257 e. The number of aromatic nitrogens is 1. The highest BCUT2D eigenvalue weighted by Crippen LogP contribution is 2.20. The average Bonchev–Trinajstić information content (AvgIpc) is 2.40. The van der Waals surface area contributed by atoms with E-state index in [-0.39, 0.29) is 30.5 Å². The normalized spacial score (nSPS) is 23.4. The Morgan fingerprint density at radius 2 is 2.42 bits per heavy atom. The van der Waals surface area contributed by atoms with Crippen LogP contribution in [-0.4, -0.2) is 52.8 Å². The van der Waals surface area contributed by atoms with Crippen molar-refractivity contribution in [2.45, 2.75) is 19.1 Å². The fourth-order valence-electron chi connectivity index (χ4n) is 2.10. The van der Waals surface area contributed by atoms with Crippen LogP contribution in [0, 0.1) is 0 Å². The molecule has 1 aromatic heterocycles. The van der Waals surface area contributed by atoms with Crippen molar-refractivity contribution < 1.29 is 14.6 Å². The predicted molar refractivity (Wildman–Crippen MR) is 73.7 cm³/mol. The van der Waals surface area contributed by atoms with Gasteiger partial charge in [-0.3, -0.25) is 4.79 Å². The molecule has 1 saturated heterocycles. The van der Waals surface area contributed by atoms with Crippen LogP contribution in [0.15, 0.2) is 16.7 Å². The average molecular weight is 330 g/mol. The molecule has 1 fully saturated rings. The third kappa shape index (κ3) is 3.23. The van der Waals surface area contributed by atoms with Crippen LogP contribution in [0.4, 0.5) is 5.82 Å². The molecule has 7 heteroatoms. The largest absolute Gasteiger partial charge is 0.394 e. The van der Waals surface area contributed by atoms with E-state index in [1.165, 1.54) is 0 Å². The maximum absolute atomic E-state index is 12.4. The van der Waals surface area contributed by atoms with Crippen LogP contribution in [0.3, 0.4) is 0 Å². The molecule has 6 nitrogen and oxygen atoms in total. The van der Waals surface area contributed by atoms with Crippen LogP contribution < -0.4 is 5.73 Å². The van der Waals surface area contributed by atoms with Crippen molar-refractivity contribution >= 4 is 27.7 Å². The van der Waals surface area contributed by atoms with Crippen LogP contribution in [0.2, 0.25) is 0 Å². The van der Waals surface area contributed by atoms with Crippen LogP contribution in [-0.2, 0) is 4.74 Å². The van der Waals surface area contributed by atoms with Crippen LogP contribution in [0.5, 0.6) is 0 Å². The molecule has 2 rings (SSSR count). The minimum Gasteiger partial charge on any atom is -0.394 e. The monoisotopic (exact) mass is 329 g/mol. The molecule has 1 amide bonds. The number of rotatable bonds is 2. The van der Waals surface area contributed by atoms with E-state index < -0.39 is 0 Å². The van der Waals surface area contributed by atoms with Gasteiger partial charge in [0.15, 0.2) is 0 Å². The molecule has 1 aliphatic heterocycles. The Hall–Kier alpha value is -1.18. The summed E-state index contributed by atoms with van der Waals surface area (Å²) in [5, 5.41) is 9.17. The zero-order valence-electron chi connectivity index (χ0n) is 10.5. The van der Waals surface area contributed by atoms with Gasteiger partial charge in [-0.05, 0) is 28.9 Å². The lowest BCUT2D eigenvalue weighted by molar-refractivity contribution is -0.0858. The Kier molecular flexibility index (Phi) is 4.38. The Morgan fingerprint density at radius 1 is 1.68 bits per heavy atom. The van der Waals surface area contributed by atoms with Gasteiger partial charge in [-0.2, -0.15) is 0 Å². The molecule has 0 saturated carbocycles. The summed E-state index contributed by atoms with van der Waals surface area (Å²) in [5.41, 5.74) is 6.10. The Morgan fingerprint density at radius 3 is 3.11 bits per heavy atom. The molecule has 2 unspecified atom stereocenters. The lowest BCUT2D eigenvalue weighted by atomic mass is 10.1. The molecule has 0 radical (unpaired) electrons. The number of carbonyl (C=O) groups excluding carboxylic acids is 1. The quantitative estimate of drug-likeness (QED) is 0.831. The number of nitrogens with two attached hydrogens (primary N) is 1. The van der Waals surface area contributed by atoms with Gasteiger partial charge in [-0.15, -0.1) is 0 Å². The van der Waals surface area contributed by atoms with E-state index in [4.69, 9.17) is 10.5 Å². The van der Waals surface area contributed by atoms with Crippen molar-refractivity contribution in [2.24, 2.45) is 0 Å². The van der Waals surface area contributed by atoms with Crippen molar-refractivity contribution in [3.63, 3.8) is 0 Å². The van der Waals surface area contributed by atoms with E-state index in [1.807, 2.05) is 6.92 Å². The number of hydrogen-bond donors (Lipinski definition) is 2. The number of aliphatic hydroxyl groups is 1. The smallest absolute Gasteiger partial charge is 0.257 e. The zero-order valence-corrected chi connectivity index (χ0v) is 12.1. The number of amides is 1. The molecule has 3 N–H and O–H groups in total. The molecule has 0 aliphatic carbocycles. The number of aliphatic hydroxyl groups excluding tert-OH is 1. The van der Waals surface area contributed by atoms with Crippen molar-refractivity contribution in [2.75, 3.05) is 25.4 Å². The molecule has 0 aromatic carbocycles. The highest BCUT2D eigenvalue weighted by molar-refractivity contribution is 9.10. The summed E-state index contributed by atoms with van der Waals surface area (Å²) in [4.78, 5) is 18.0. The minimum atomic E-state index is -0.353. The molecule has 104 valence electrons. The lowest BCUT2D eigenvalue weighted by Gasteiger charge is -2.36. The van der Waals surface area contributed by atoms with Crippen LogP contribution in [0.1, 0.15) is 17.3 Å². The van der Waals surface area contributed by atoms with E-state index in [2.05, 4.69) is 20.9 Å². The van der Waals surface area contributed by atoms with Gasteiger partial charge in [0.25, 0.3) is 5.91 Å². The number of nitrogens with zero attached hydrogens (tertiary/aromatic N) is 2. The summed E-state index contributed by atoms with van der Waals surface area (Å²) in [6.45, 7) is 2.58. The van der Waals surface area contributed by atoms with Gasteiger partial charge in [0, 0.05) is 23.8 Å². The second-order valence-electron chi connectivity index (χ2n) is 4.55. The van der Waals surface area contributed by atoms with Crippen molar-refractivity contribution in [3.8, 4) is 0 Å². The first-order valence-corrected chi connectivity index (χ1v) is 6.77. The number of ether oxygens (including phenoxy) is 1. The van der Waals surface area contributed by atoms with Gasteiger partial charge < -0.3 is 20.5 Å². The van der Waals surface area contributed by atoms with Gasteiger partial charge in [0.05, 0.1) is 24.4 Å². The highest BCUT2D eigenvalue weighted by atomic mass is 79.9. The number of pyridine rings is 1. The third-order valence-corrected chi connectivity index (χ3v) is 3.37. The number of nitrogen functional groups attached to an aromatic ring is 1. The first-order chi connectivity index (χ1) is 9.01. The van der Waals surface area contributed by atoms with E-state index in [1.54, 1.807) is 17.2 Å². The standard InChI is InChI=1S/C12H16BrN3O3/c1-7-4-16(5-9(6-17)19-7)12(18)10-2-8(13)3-15-11(10)14/h2-3,7,9,17H,4-6H2,1H3,(H2,14,15). The number of halogens is 1. The molecule has 2 heterocycles. The molecule has 0 spiro atoms. The molecule has 2 atom stereocenters. The SMILES string of the molecule is CC1CN(C(=O)c2cc(Br)cnc2N)CC(CO)O1. The molecule has 19 heavy (non-hydrogen) atoms. The molecule has 1 aliphatic rings. The summed E-state index contributed by atoms with van der Waals surface area (Å²) in [5.74, 6) is 0.00722. The molecule has 1 aromatic rings. The predicted octanol–water partition coefficient (Wildman–Crippen LogP) is 0.648. The third-order valence-electron chi connectivity index (χ3n) is 2.93. The van der Waals surface area contributed by atoms with Gasteiger partial charge in [0.1, 0.15) is 5.82 Å².